The Morgan fingerprint density at radius 3 is 3.00 bits per heavy atom. The quantitative estimate of drug-likeness (QED) is 0.902. The van der Waals surface area contributed by atoms with E-state index in [-0.39, 0.29) is 6.61 Å². The van der Waals surface area contributed by atoms with Gasteiger partial charge in [-0.05, 0) is 19.1 Å². The summed E-state index contributed by atoms with van der Waals surface area (Å²) in [4.78, 5) is 11.5. The zero-order valence-electron chi connectivity index (χ0n) is 9.64. The zero-order chi connectivity index (χ0) is 13.0. The number of halogens is 1. The third-order valence-corrected chi connectivity index (χ3v) is 2.06. The van der Waals surface area contributed by atoms with Crippen LogP contribution in [0.25, 0.3) is 0 Å². The number of rotatable bonds is 4. The van der Waals surface area contributed by atoms with Gasteiger partial charge in [0.25, 0.3) is 5.91 Å². The molecule has 1 N–H and O–H groups in total. The highest BCUT2D eigenvalue weighted by atomic mass is 19.1. The van der Waals surface area contributed by atoms with Crippen molar-refractivity contribution in [2.24, 2.45) is 0 Å². The standard InChI is InChI=1S/C12H11FN2O3/c1-8-5-11(15-18-8)14-12(16)7-17-10-4-2-3-9(13)6-10/h2-6H,7H2,1H3,(H,14,15,16). The molecule has 0 bridgehead atoms. The second kappa shape index (κ2) is 5.31. The number of nitrogens with zero attached hydrogens (tertiary/aromatic N) is 1. The molecule has 5 nitrogen and oxygen atoms in total. The van der Waals surface area contributed by atoms with E-state index in [4.69, 9.17) is 9.26 Å². The van der Waals surface area contributed by atoms with Crippen LogP contribution in [-0.4, -0.2) is 17.7 Å². The van der Waals surface area contributed by atoms with Crippen molar-refractivity contribution in [3.8, 4) is 5.75 Å². The van der Waals surface area contributed by atoms with E-state index in [1.165, 1.54) is 18.2 Å². The number of ether oxygens (including phenoxy) is 1. The highest BCUT2D eigenvalue weighted by Gasteiger charge is 2.07. The first kappa shape index (κ1) is 12.1. The average molecular weight is 250 g/mol. The first-order valence-corrected chi connectivity index (χ1v) is 5.25. The predicted octanol–water partition coefficient (Wildman–Crippen LogP) is 2.14. The lowest BCUT2D eigenvalue weighted by Gasteiger charge is -2.05. The van der Waals surface area contributed by atoms with E-state index >= 15 is 0 Å². The van der Waals surface area contributed by atoms with Crippen molar-refractivity contribution in [3.63, 3.8) is 0 Å². The zero-order valence-corrected chi connectivity index (χ0v) is 9.64. The molecule has 1 aromatic carbocycles. The third-order valence-electron chi connectivity index (χ3n) is 2.06. The number of carbonyl (C=O) groups is 1. The molecule has 0 unspecified atom stereocenters. The summed E-state index contributed by atoms with van der Waals surface area (Å²) in [5.74, 6) is 0.394. The van der Waals surface area contributed by atoms with Gasteiger partial charge < -0.3 is 14.6 Å². The normalized spacial score (nSPS) is 10.1. The van der Waals surface area contributed by atoms with Crippen LogP contribution < -0.4 is 10.1 Å². The predicted molar refractivity (Wildman–Crippen MR) is 61.8 cm³/mol. The van der Waals surface area contributed by atoms with Crippen LogP contribution in [0.3, 0.4) is 0 Å². The molecule has 0 saturated carbocycles. The maximum Gasteiger partial charge on any atom is 0.263 e. The summed E-state index contributed by atoms with van der Waals surface area (Å²) in [6.45, 7) is 1.49. The van der Waals surface area contributed by atoms with Crippen LogP contribution in [0, 0.1) is 12.7 Å². The molecule has 0 radical (unpaired) electrons. The molecule has 0 aliphatic heterocycles. The molecule has 1 heterocycles. The lowest BCUT2D eigenvalue weighted by molar-refractivity contribution is -0.118. The molecule has 1 amide bonds. The SMILES string of the molecule is Cc1cc(NC(=O)COc2cccc(F)c2)no1. The third kappa shape index (κ3) is 3.31. The molecule has 2 aromatic rings. The summed E-state index contributed by atoms with van der Waals surface area (Å²) in [6.07, 6.45) is 0. The first-order chi connectivity index (χ1) is 8.63. The van der Waals surface area contributed by atoms with E-state index < -0.39 is 11.7 Å². The Morgan fingerprint density at radius 2 is 2.33 bits per heavy atom. The molecule has 94 valence electrons. The van der Waals surface area contributed by atoms with Gasteiger partial charge in [0.2, 0.25) is 0 Å². The van der Waals surface area contributed by atoms with E-state index in [0.717, 1.165) is 0 Å². The molecule has 0 aliphatic carbocycles. The number of aryl methyl sites for hydroxylation is 1. The number of aromatic nitrogens is 1. The maximum atomic E-state index is 12.8. The molecule has 18 heavy (non-hydrogen) atoms. The van der Waals surface area contributed by atoms with E-state index in [1.54, 1.807) is 19.1 Å². The van der Waals surface area contributed by atoms with Gasteiger partial charge in [0.15, 0.2) is 12.4 Å². The summed E-state index contributed by atoms with van der Waals surface area (Å²) in [6, 6.07) is 7.15. The van der Waals surface area contributed by atoms with Crippen molar-refractivity contribution in [2.45, 2.75) is 6.92 Å². The topological polar surface area (TPSA) is 64.4 Å². The van der Waals surface area contributed by atoms with Gasteiger partial charge in [-0.2, -0.15) is 0 Å². The summed E-state index contributed by atoms with van der Waals surface area (Å²) in [5, 5.41) is 6.09. The fourth-order valence-electron chi connectivity index (χ4n) is 1.31. The Bertz CT molecular complexity index is 554. The number of benzene rings is 1. The molecular weight excluding hydrogens is 239 g/mol. The van der Waals surface area contributed by atoms with Crippen molar-refractivity contribution < 1.29 is 18.4 Å². The minimum Gasteiger partial charge on any atom is -0.484 e. The minimum atomic E-state index is -0.417. The van der Waals surface area contributed by atoms with Gasteiger partial charge >= 0.3 is 0 Å². The Balaban J connectivity index is 1.85. The highest BCUT2D eigenvalue weighted by molar-refractivity contribution is 5.90. The number of nitrogens with one attached hydrogen (secondary N) is 1. The number of amides is 1. The fourth-order valence-corrected chi connectivity index (χ4v) is 1.31. The molecule has 0 atom stereocenters. The van der Waals surface area contributed by atoms with Crippen LogP contribution in [0.2, 0.25) is 0 Å². The Labute approximate surface area is 103 Å². The van der Waals surface area contributed by atoms with Gasteiger partial charge in [-0.3, -0.25) is 4.79 Å². The lowest BCUT2D eigenvalue weighted by atomic mass is 10.3. The molecular formula is C12H11FN2O3. The molecule has 0 spiro atoms. The second-order valence-electron chi connectivity index (χ2n) is 3.62. The Hall–Kier alpha value is -2.37. The summed E-state index contributed by atoms with van der Waals surface area (Å²) >= 11 is 0. The van der Waals surface area contributed by atoms with E-state index in [1.807, 2.05) is 0 Å². The lowest BCUT2D eigenvalue weighted by Crippen LogP contribution is -2.20. The molecule has 0 aliphatic rings. The highest BCUT2D eigenvalue weighted by Crippen LogP contribution is 2.12. The van der Waals surface area contributed by atoms with Crippen LogP contribution in [0.4, 0.5) is 10.2 Å². The number of hydrogen-bond donors (Lipinski definition) is 1. The van der Waals surface area contributed by atoms with Crippen LogP contribution >= 0.6 is 0 Å². The molecule has 0 saturated heterocycles. The average Bonchev–Trinajstić information content (AvgIpc) is 2.72. The maximum absolute atomic E-state index is 12.8. The van der Waals surface area contributed by atoms with Crippen molar-refractivity contribution in [1.29, 1.82) is 0 Å². The second-order valence-corrected chi connectivity index (χ2v) is 3.62. The number of carbonyl (C=O) groups excluding carboxylic acids is 1. The van der Waals surface area contributed by atoms with Gasteiger partial charge in [-0.25, -0.2) is 4.39 Å². The van der Waals surface area contributed by atoms with Crippen LogP contribution in [0.5, 0.6) is 5.75 Å². The largest absolute Gasteiger partial charge is 0.484 e. The monoisotopic (exact) mass is 250 g/mol. The van der Waals surface area contributed by atoms with Crippen molar-refractivity contribution >= 4 is 11.7 Å². The molecule has 6 heteroatoms. The van der Waals surface area contributed by atoms with Gasteiger partial charge in [0, 0.05) is 12.1 Å². The van der Waals surface area contributed by atoms with Crippen LogP contribution in [-0.2, 0) is 4.79 Å². The van der Waals surface area contributed by atoms with E-state index in [0.29, 0.717) is 17.3 Å². The molecule has 0 fully saturated rings. The summed E-state index contributed by atoms with van der Waals surface area (Å²) in [5.41, 5.74) is 0. The van der Waals surface area contributed by atoms with Crippen molar-refractivity contribution in [1.82, 2.24) is 5.16 Å². The van der Waals surface area contributed by atoms with E-state index in [2.05, 4.69) is 10.5 Å². The molecule has 1 aromatic heterocycles. The fraction of sp³-hybridized carbons (Fsp3) is 0.167. The first-order valence-electron chi connectivity index (χ1n) is 5.25. The van der Waals surface area contributed by atoms with Crippen molar-refractivity contribution in [2.75, 3.05) is 11.9 Å². The molecule has 2 rings (SSSR count). The summed E-state index contributed by atoms with van der Waals surface area (Å²) in [7, 11) is 0. The van der Waals surface area contributed by atoms with Crippen molar-refractivity contribution in [3.05, 3.63) is 41.9 Å². The van der Waals surface area contributed by atoms with Gasteiger partial charge in [-0.1, -0.05) is 11.2 Å². The number of hydrogen-bond acceptors (Lipinski definition) is 4. The van der Waals surface area contributed by atoms with Gasteiger partial charge in [-0.15, -0.1) is 0 Å². The van der Waals surface area contributed by atoms with Crippen LogP contribution in [0.1, 0.15) is 5.76 Å². The van der Waals surface area contributed by atoms with Crippen LogP contribution in [0.15, 0.2) is 34.9 Å². The van der Waals surface area contributed by atoms with Gasteiger partial charge in [0.05, 0.1) is 0 Å². The smallest absolute Gasteiger partial charge is 0.263 e. The van der Waals surface area contributed by atoms with Gasteiger partial charge in [0.1, 0.15) is 17.3 Å². The minimum absolute atomic E-state index is 0.227. The Kier molecular flexibility index (Phi) is 3.57. The summed E-state index contributed by atoms with van der Waals surface area (Å²) < 4.78 is 22.7. The van der Waals surface area contributed by atoms with E-state index in [9.17, 15) is 9.18 Å². The number of anilines is 1. The Morgan fingerprint density at radius 1 is 1.50 bits per heavy atom.